The molecule has 96 valence electrons. The van der Waals surface area contributed by atoms with Gasteiger partial charge in [0.15, 0.2) is 0 Å². The van der Waals surface area contributed by atoms with E-state index in [9.17, 15) is 0 Å². The van der Waals surface area contributed by atoms with Gasteiger partial charge in [-0.15, -0.1) is 0 Å². The van der Waals surface area contributed by atoms with Crippen LogP contribution in [0.15, 0.2) is 18.2 Å². The molecule has 0 heterocycles. The molecule has 1 rings (SSSR count). The topological polar surface area (TPSA) is 38.7 Å². The number of benzene rings is 1. The summed E-state index contributed by atoms with van der Waals surface area (Å²) in [6.45, 7) is 7.11. The number of hydrogen-bond acceptors (Lipinski definition) is 3. The Hall–Kier alpha value is -1.22. The maximum Gasteiger partial charge on any atom is 0.123 e. The third-order valence-electron chi connectivity index (χ3n) is 2.55. The second-order valence-electron chi connectivity index (χ2n) is 5.04. The fourth-order valence-electron chi connectivity index (χ4n) is 1.59. The summed E-state index contributed by atoms with van der Waals surface area (Å²) in [6.07, 6.45) is 0.648. The van der Waals surface area contributed by atoms with Crippen molar-refractivity contribution in [2.75, 3.05) is 20.3 Å². The summed E-state index contributed by atoms with van der Waals surface area (Å²) in [5.74, 6) is 1.70. The first kappa shape index (κ1) is 13.8. The molecule has 3 nitrogen and oxygen atoms in total. The van der Waals surface area contributed by atoms with Gasteiger partial charge in [0, 0.05) is 18.6 Å². The first-order valence-corrected chi connectivity index (χ1v) is 5.91. The third kappa shape index (κ3) is 3.93. The third-order valence-corrected chi connectivity index (χ3v) is 2.55. The van der Waals surface area contributed by atoms with E-state index in [0.29, 0.717) is 13.0 Å². The van der Waals surface area contributed by atoms with Crippen molar-refractivity contribution in [2.24, 2.45) is 0 Å². The number of aliphatic hydroxyl groups excluding tert-OH is 1. The number of methoxy groups -OCH3 is 1. The van der Waals surface area contributed by atoms with Crippen molar-refractivity contribution in [1.29, 1.82) is 0 Å². The molecule has 1 N–H and O–H groups in total. The van der Waals surface area contributed by atoms with Gasteiger partial charge in [-0.05, 0) is 23.6 Å². The number of aliphatic hydroxyl groups is 1. The van der Waals surface area contributed by atoms with E-state index in [1.54, 1.807) is 7.11 Å². The van der Waals surface area contributed by atoms with Crippen LogP contribution >= 0.6 is 0 Å². The van der Waals surface area contributed by atoms with Gasteiger partial charge in [0.2, 0.25) is 0 Å². The minimum atomic E-state index is 0.00306. The van der Waals surface area contributed by atoms with Gasteiger partial charge in [-0.25, -0.2) is 0 Å². The van der Waals surface area contributed by atoms with Crippen LogP contribution in [-0.2, 0) is 5.41 Å². The van der Waals surface area contributed by atoms with Crippen LogP contribution in [0.4, 0.5) is 0 Å². The monoisotopic (exact) mass is 238 g/mol. The minimum Gasteiger partial charge on any atom is -0.497 e. The van der Waals surface area contributed by atoms with E-state index in [4.69, 9.17) is 14.6 Å². The van der Waals surface area contributed by atoms with E-state index in [1.807, 2.05) is 18.2 Å². The maximum absolute atomic E-state index is 8.76. The van der Waals surface area contributed by atoms with Gasteiger partial charge >= 0.3 is 0 Å². The van der Waals surface area contributed by atoms with Crippen molar-refractivity contribution in [3.8, 4) is 11.5 Å². The lowest BCUT2D eigenvalue weighted by molar-refractivity contribution is 0.231. The summed E-state index contributed by atoms with van der Waals surface area (Å²) in [6, 6.07) is 5.83. The SMILES string of the molecule is COc1ccc(OCCCO)c(C(C)(C)C)c1. The zero-order valence-corrected chi connectivity index (χ0v) is 11.1. The van der Waals surface area contributed by atoms with E-state index in [-0.39, 0.29) is 12.0 Å². The van der Waals surface area contributed by atoms with E-state index < -0.39 is 0 Å². The lowest BCUT2D eigenvalue weighted by Gasteiger charge is -2.23. The Kier molecular flexibility index (Phi) is 4.82. The molecule has 0 unspecified atom stereocenters. The van der Waals surface area contributed by atoms with Crippen molar-refractivity contribution in [3.05, 3.63) is 23.8 Å². The molecule has 0 aromatic heterocycles. The van der Waals surface area contributed by atoms with Crippen LogP contribution in [-0.4, -0.2) is 25.4 Å². The molecule has 0 saturated carbocycles. The van der Waals surface area contributed by atoms with Crippen LogP contribution in [0.5, 0.6) is 11.5 Å². The zero-order chi connectivity index (χ0) is 12.9. The minimum absolute atomic E-state index is 0.00306. The van der Waals surface area contributed by atoms with Crippen molar-refractivity contribution in [3.63, 3.8) is 0 Å². The lowest BCUT2D eigenvalue weighted by Crippen LogP contribution is -2.14. The van der Waals surface area contributed by atoms with Crippen LogP contribution in [0, 0.1) is 0 Å². The highest BCUT2D eigenvalue weighted by molar-refractivity contribution is 5.44. The molecule has 0 radical (unpaired) electrons. The molecule has 0 bridgehead atoms. The smallest absolute Gasteiger partial charge is 0.123 e. The van der Waals surface area contributed by atoms with E-state index >= 15 is 0 Å². The Labute approximate surface area is 103 Å². The van der Waals surface area contributed by atoms with Crippen LogP contribution in [0.3, 0.4) is 0 Å². The van der Waals surface area contributed by atoms with Gasteiger partial charge in [-0.3, -0.25) is 0 Å². The summed E-state index contributed by atoms with van der Waals surface area (Å²) in [5.41, 5.74) is 1.12. The number of ether oxygens (including phenoxy) is 2. The maximum atomic E-state index is 8.76. The van der Waals surface area contributed by atoms with Gasteiger partial charge in [-0.1, -0.05) is 20.8 Å². The lowest BCUT2D eigenvalue weighted by atomic mass is 9.86. The fraction of sp³-hybridized carbons (Fsp3) is 0.571. The largest absolute Gasteiger partial charge is 0.497 e. The first-order valence-electron chi connectivity index (χ1n) is 5.91. The summed E-state index contributed by atoms with van der Waals surface area (Å²) in [5, 5.41) is 8.76. The summed E-state index contributed by atoms with van der Waals surface area (Å²) >= 11 is 0. The molecule has 3 heteroatoms. The van der Waals surface area contributed by atoms with Gasteiger partial charge in [0.05, 0.1) is 13.7 Å². The molecule has 0 spiro atoms. The van der Waals surface area contributed by atoms with Crippen molar-refractivity contribution in [1.82, 2.24) is 0 Å². The summed E-state index contributed by atoms with van der Waals surface area (Å²) in [7, 11) is 1.66. The zero-order valence-electron chi connectivity index (χ0n) is 11.1. The average molecular weight is 238 g/mol. The van der Waals surface area contributed by atoms with Crippen molar-refractivity contribution in [2.45, 2.75) is 32.6 Å². The predicted molar refractivity (Wildman–Crippen MR) is 68.9 cm³/mol. The Morgan fingerprint density at radius 1 is 1.24 bits per heavy atom. The second-order valence-corrected chi connectivity index (χ2v) is 5.04. The normalized spacial score (nSPS) is 11.4. The molecule has 0 aliphatic heterocycles. The van der Waals surface area contributed by atoms with E-state index in [2.05, 4.69) is 20.8 Å². The standard InChI is InChI=1S/C14H22O3/c1-14(2,3)12-10-11(16-4)6-7-13(12)17-9-5-8-15/h6-7,10,15H,5,8-9H2,1-4H3. The second kappa shape index (κ2) is 5.92. The van der Waals surface area contributed by atoms with Gasteiger partial charge in [-0.2, -0.15) is 0 Å². The number of hydrogen-bond donors (Lipinski definition) is 1. The first-order chi connectivity index (χ1) is 7.99. The van der Waals surface area contributed by atoms with Gasteiger partial charge in [0.25, 0.3) is 0 Å². The number of rotatable bonds is 5. The highest BCUT2D eigenvalue weighted by Crippen LogP contribution is 2.34. The predicted octanol–water partition coefficient (Wildman–Crippen LogP) is 2.75. The van der Waals surface area contributed by atoms with Crippen LogP contribution in [0.2, 0.25) is 0 Å². The highest BCUT2D eigenvalue weighted by atomic mass is 16.5. The molecule has 0 fully saturated rings. The van der Waals surface area contributed by atoms with Crippen LogP contribution in [0.1, 0.15) is 32.8 Å². The van der Waals surface area contributed by atoms with E-state index in [0.717, 1.165) is 17.1 Å². The van der Waals surface area contributed by atoms with Gasteiger partial charge < -0.3 is 14.6 Å². The fourth-order valence-corrected chi connectivity index (χ4v) is 1.59. The molecule has 1 aromatic rings. The summed E-state index contributed by atoms with van der Waals surface area (Å²) < 4.78 is 10.9. The quantitative estimate of drug-likeness (QED) is 0.802. The Balaban J connectivity index is 2.95. The molecular weight excluding hydrogens is 216 g/mol. The molecule has 0 amide bonds. The van der Waals surface area contributed by atoms with Gasteiger partial charge in [0.1, 0.15) is 11.5 Å². The molecule has 0 saturated heterocycles. The molecule has 0 aliphatic rings. The Morgan fingerprint density at radius 3 is 2.47 bits per heavy atom. The highest BCUT2D eigenvalue weighted by Gasteiger charge is 2.19. The van der Waals surface area contributed by atoms with Crippen LogP contribution in [0.25, 0.3) is 0 Å². The van der Waals surface area contributed by atoms with Crippen molar-refractivity contribution < 1.29 is 14.6 Å². The van der Waals surface area contributed by atoms with Crippen LogP contribution < -0.4 is 9.47 Å². The average Bonchev–Trinajstić information content (AvgIpc) is 2.28. The molecular formula is C14H22O3. The van der Waals surface area contributed by atoms with Crippen molar-refractivity contribution >= 4 is 0 Å². The molecule has 0 atom stereocenters. The molecule has 0 aliphatic carbocycles. The van der Waals surface area contributed by atoms with E-state index in [1.165, 1.54) is 0 Å². The Bertz CT molecular complexity index is 353. The molecule has 17 heavy (non-hydrogen) atoms. The summed E-state index contributed by atoms with van der Waals surface area (Å²) in [4.78, 5) is 0. The Morgan fingerprint density at radius 2 is 1.94 bits per heavy atom. The molecule has 1 aromatic carbocycles.